The number of nitrogens with one attached hydrogen (secondary N) is 2. The summed E-state index contributed by atoms with van der Waals surface area (Å²) in [7, 11) is 1.55. The second kappa shape index (κ2) is 10.3. The quantitative estimate of drug-likeness (QED) is 0.217. The van der Waals surface area contributed by atoms with Gasteiger partial charge >= 0.3 is 0 Å². The number of hydrogen-bond acceptors (Lipinski definition) is 9. The van der Waals surface area contributed by atoms with Crippen molar-refractivity contribution in [3.63, 3.8) is 0 Å². The van der Waals surface area contributed by atoms with E-state index in [1.165, 1.54) is 6.20 Å². The van der Waals surface area contributed by atoms with E-state index in [0.717, 1.165) is 11.1 Å². The lowest BCUT2D eigenvalue weighted by Gasteiger charge is -2.18. The third-order valence-corrected chi connectivity index (χ3v) is 6.40. The smallest absolute Gasteiger partial charge is 0.254 e. The van der Waals surface area contributed by atoms with Crippen LogP contribution in [0.3, 0.4) is 0 Å². The van der Waals surface area contributed by atoms with E-state index in [1.54, 1.807) is 19.4 Å². The van der Waals surface area contributed by atoms with Crippen molar-refractivity contribution >= 4 is 40.1 Å². The number of oxazole rings is 1. The molecule has 40 heavy (non-hydrogen) atoms. The first-order chi connectivity index (χ1) is 19.0. The first-order valence-electron chi connectivity index (χ1n) is 12.9. The van der Waals surface area contributed by atoms with Gasteiger partial charge < -0.3 is 25.5 Å². The number of carbonyl (C=O) groups is 1. The number of nitrogens with zero attached hydrogens (tertiary/aromatic N) is 5. The Kier molecular flexibility index (Phi) is 6.88. The summed E-state index contributed by atoms with van der Waals surface area (Å²) in [5.74, 6) is 0.671. The minimum absolute atomic E-state index is 0.0207. The van der Waals surface area contributed by atoms with Crippen molar-refractivity contribution in [2.75, 3.05) is 17.7 Å². The van der Waals surface area contributed by atoms with Gasteiger partial charge in [0.15, 0.2) is 11.3 Å². The lowest BCUT2D eigenvalue weighted by atomic mass is 9.87. The van der Waals surface area contributed by atoms with Crippen LogP contribution < -0.4 is 21.1 Å². The number of carbonyl (C=O) groups excluding carboxylic acids is 1. The van der Waals surface area contributed by atoms with E-state index in [9.17, 15) is 4.79 Å². The molecule has 5 aromatic rings. The molecule has 0 aliphatic rings. The first kappa shape index (κ1) is 26.7. The Morgan fingerprint density at radius 1 is 1.10 bits per heavy atom. The molecule has 1 amide bonds. The van der Waals surface area contributed by atoms with Crippen LogP contribution in [0.2, 0.25) is 0 Å². The van der Waals surface area contributed by atoms with Gasteiger partial charge in [-0.15, -0.1) is 0 Å². The fourth-order valence-electron chi connectivity index (χ4n) is 4.19. The summed E-state index contributed by atoms with van der Waals surface area (Å²) >= 11 is 0. The summed E-state index contributed by atoms with van der Waals surface area (Å²) in [6.45, 7) is 10.5. The van der Waals surface area contributed by atoms with E-state index in [-0.39, 0.29) is 28.8 Å². The van der Waals surface area contributed by atoms with Crippen LogP contribution in [-0.2, 0) is 5.41 Å². The van der Waals surface area contributed by atoms with Crippen molar-refractivity contribution < 1.29 is 13.9 Å². The largest absolute Gasteiger partial charge is 0.494 e. The summed E-state index contributed by atoms with van der Waals surface area (Å²) in [5.41, 5.74) is 10.2. The summed E-state index contributed by atoms with van der Waals surface area (Å²) in [6, 6.07) is 11.7. The molecule has 0 bridgehead atoms. The zero-order valence-corrected chi connectivity index (χ0v) is 23.3. The fraction of sp³-hybridized carbons (Fsp3) is 0.276. The predicted molar refractivity (Wildman–Crippen MR) is 154 cm³/mol. The highest BCUT2D eigenvalue weighted by atomic mass is 16.5. The van der Waals surface area contributed by atoms with Crippen LogP contribution in [0.25, 0.3) is 22.6 Å². The monoisotopic (exact) mass is 540 g/mol. The Morgan fingerprint density at radius 2 is 1.90 bits per heavy atom. The van der Waals surface area contributed by atoms with Gasteiger partial charge in [-0.25, -0.2) is 9.97 Å². The number of para-hydroxylation sites is 1. The predicted octanol–water partition coefficient (Wildman–Crippen LogP) is 5.95. The molecular weight excluding hydrogens is 508 g/mol. The van der Waals surface area contributed by atoms with E-state index in [1.807, 2.05) is 55.1 Å². The topological polar surface area (TPSA) is 146 Å². The number of anilines is 4. The Balaban J connectivity index is 1.50. The Hall–Kier alpha value is -4.93. The van der Waals surface area contributed by atoms with Gasteiger partial charge in [0.25, 0.3) is 5.91 Å². The number of nitrogens with two attached hydrogens (primary N) is 1. The summed E-state index contributed by atoms with van der Waals surface area (Å²) in [5, 5.41) is 10.6. The second-order valence-corrected chi connectivity index (χ2v) is 10.7. The van der Waals surface area contributed by atoms with Gasteiger partial charge in [-0.2, -0.15) is 10.1 Å². The van der Waals surface area contributed by atoms with Crippen LogP contribution in [0.5, 0.6) is 5.75 Å². The van der Waals surface area contributed by atoms with E-state index in [2.05, 4.69) is 46.5 Å². The van der Waals surface area contributed by atoms with Gasteiger partial charge in [0.1, 0.15) is 16.9 Å². The van der Waals surface area contributed by atoms with Gasteiger partial charge in [0.05, 0.1) is 30.2 Å². The highest BCUT2D eigenvalue weighted by Crippen LogP contribution is 2.39. The maximum Gasteiger partial charge on any atom is 0.254 e. The molecule has 2 aromatic carbocycles. The third-order valence-electron chi connectivity index (χ3n) is 6.40. The maximum atomic E-state index is 12.2. The van der Waals surface area contributed by atoms with E-state index in [0.29, 0.717) is 34.2 Å². The fourth-order valence-corrected chi connectivity index (χ4v) is 4.19. The molecule has 5 rings (SSSR count). The molecule has 0 aliphatic heterocycles. The van der Waals surface area contributed by atoms with Gasteiger partial charge in [-0.3, -0.25) is 9.48 Å². The number of ether oxygens (including phenoxy) is 1. The number of aromatic nitrogens is 5. The number of methoxy groups -OCH3 is 1. The average Bonchev–Trinajstić information content (AvgIpc) is 3.55. The van der Waals surface area contributed by atoms with Crippen molar-refractivity contribution in [1.29, 1.82) is 0 Å². The van der Waals surface area contributed by atoms with Gasteiger partial charge in [0.2, 0.25) is 11.8 Å². The van der Waals surface area contributed by atoms with Crippen molar-refractivity contribution in [3.8, 4) is 17.2 Å². The van der Waals surface area contributed by atoms with Crippen molar-refractivity contribution in [2.24, 2.45) is 5.73 Å². The average molecular weight is 541 g/mol. The lowest BCUT2D eigenvalue weighted by molar-refractivity contribution is 0.100. The maximum absolute atomic E-state index is 12.2. The molecule has 3 heterocycles. The zero-order valence-electron chi connectivity index (χ0n) is 23.3. The van der Waals surface area contributed by atoms with E-state index >= 15 is 0 Å². The summed E-state index contributed by atoms with van der Waals surface area (Å²) < 4.78 is 13.7. The molecule has 4 N–H and O–H groups in total. The number of rotatable bonds is 8. The number of hydrogen-bond donors (Lipinski definition) is 3. The van der Waals surface area contributed by atoms with Crippen LogP contribution in [0.15, 0.2) is 59.4 Å². The molecule has 3 aromatic heterocycles. The highest BCUT2D eigenvalue weighted by Gasteiger charge is 2.21. The molecule has 0 atom stereocenters. The molecule has 11 nitrogen and oxygen atoms in total. The normalized spacial score (nSPS) is 11.7. The molecule has 0 unspecified atom stereocenters. The molecule has 0 aliphatic carbocycles. The Labute approximate surface area is 231 Å². The number of benzene rings is 2. The number of fused-ring (bicyclic) bond motifs is 1. The standard InChI is InChI=1S/C29H32N8O3/c1-16(2)37-15-18(13-32-37)33-28-31-14-20(25(30)38)26(36-28)34-21-9-7-8-19(24(21)39-6)27-35-22-12-17(29(3,4)5)10-11-23(22)40-27/h7-16H,1-6H3,(H2,30,38)(H2,31,33,34,36). The number of amides is 1. The minimum atomic E-state index is -0.676. The Morgan fingerprint density at radius 3 is 2.58 bits per heavy atom. The zero-order chi connectivity index (χ0) is 28.6. The van der Waals surface area contributed by atoms with Gasteiger partial charge in [0, 0.05) is 18.4 Å². The SMILES string of the molecule is COc1c(Nc2nc(Nc3cnn(C(C)C)c3)ncc2C(N)=O)cccc1-c1nc2cc(C(C)(C)C)ccc2o1. The Bertz CT molecular complexity index is 1700. The van der Waals surface area contributed by atoms with E-state index in [4.69, 9.17) is 19.9 Å². The van der Waals surface area contributed by atoms with Crippen molar-refractivity contribution in [1.82, 2.24) is 24.7 Å². The minimum Gasteiger partial charge on any atom is -0.494 e. The van der Waals surface area contributed by atoms with Crippen LogP contribution in [0.1, 0.15) is 56.6 Å². The van der Waals surface area contributed by atoms with Crippen LogP contribution in [0.4, 0.5) is 23.1 Å². The summed E-state index contributed by atoms with van der Waals surface area (Å²) in [6.07, 6.45) is 4.90. The van der Waals surface area contributed by atoms with E-state index < -0.39 is 5.91 Å². The van der Waals surface area contributed by atoms with Crippen LogP contribution in [-0.4, -0.2) is 37.7 Å². The molecule has 11 heteroatoms. The van der Waals surface area contributed by atoms with Gasteiger partial charge in [-0.1, -0.05) is 32.9 Å². The molecular formula is C29H32N8O3. The molecule has 206 valence electrons. The molecule has 0 saturated heterocycles. The molecule has 0 spiro atoms. The van der Waals surface area contributed by atoms with Crippen molar-refractivity contribution in [3.05, 3.63) is 66.1 Å². The van der Waals surface area contributed by atoms with Crippen LogP contribution in [0, 0.1) is 0 Å². The molecule has 0 fully saturated rings. The number of primary amides is 1. The van der Waals surface area contributed by atoms with Gasteiger partial charge in [-0.05, 0) is 49.1 Å². The lowest BCUT2D eigenvalue weighted by Crippen LogP contribution is -2.16. The molecule has 0 saturated carbocycles. The third kappa shape index (κ3) is 5.31. The first-order valence-corrected chi connectivity index (χ1v) is 12.9. The van der Waals surface area contributed by atoms with Crippen LogP contribution >= 0.6 is 0 Å². The second-order valence-electron chi connectivity index (χ2n) is 10.7. The van der Waals surface area contributed by atoms with Crippen molar-refractivity contribution in [2.45, 2.75) is 46.1 Å². The molecule has 0 radical (unpaired) electrons. The highest BCUT2D eigenvalue weighted by molar-refractivity contribution is 5.98. The summed E-state index contributed by atoms with van der Waals surface area (Å²) in [4.78, 5) is 25.7.